The Labute approximate surface area is 109 Å². The molecule has 0 spiro atoms. The summed E-state index contributed by atoms with van der Waals surface area (Å²) in [6.07, 6.45) is 4.03. The van der Waals surface area contributed by atoms with Crippen molar-refractivity contribution >= 4 is 5.69 Å². The molecule has 1 saturated heterocycles. The lowest BCUT2D eigenvalue weighted by Crippen LogP contribution is -2.43. The Balaban J connectivity index is 1.56. The van der Waals surface area contributed by atoms with Crippen molar-refractivity contribution in [3.63, 3.8) is 0 Å². The minimum absolute atomic E-state index is 0.871. The van der Waals surface area contributed by atoms with Gasteiger partial charge in [-0.05, 0) is 24.5 Å². The van der Waals surface area contributed by atoms with E-state index < -0.39 is 0 Å². The zero-order chi connectivity index (χ0) is 12.2. The normalized spacial score (nSPS) is 19.9. The van der Waals surface area contributed by atoms with Gasteiger partial charge in [-0.15, -0.1) is 0 Å². The number of ether oxygens (including phenoxy) is 1. The van der Waals surface area contributed by atoms with Crippen molar-refractivity contribution in [3.8, 4) is 5.75 Å². The van der Waals surface area contributed by atoms with Gasteiger partial charge in [0.05, 0.1) is 6.61 Å². The standard InChI is InChI=1S/C15H22N2O/c1-2-14(17-9-7-16-8-10-17)12-15(3-1)18-11-6-13-4-5-13/h1-3,12-13,16H,4-11H2. The highest BCUT2D eigenvalue weighted by Gasteiger charge is 2.20. The molecule has 2 aliphatic rings. The number of piperazine rings is 1. The highest BCUT2D eigenvalue weighted by atomic mass is 16.5. The van der Waals surface area contributed by atoms with Crippen molar-refractivity contribution in [1.82, 2.24) is 5.32 Å². The number of nitrogens with one attached hydrogen (secondary N) is 1. The van der Waals surface area contributed by atoms with Crippen LogP contribution in [0, 0.1) is 5.92 Å². The highest BCUT2D eigenvalue weighted by Crippen LogP contribution is 2.32. The van der Waals surface area contributed by atoms with Crippen LogP contribution in [-0.2, 0) is 0 Å². The van der Waals surface area contributed by atoms with E-state index in [0.717, 1.165) is 44.5 Å². The second-order valence-electron chi connectivity index (χ2n) is 5.31. The first-order valence-electron chi connectivity index (χ1n) is 7.10. The highest BCUT2D eigenvalue weighted by molar-refractivity contribution is 5.51. The maximum atomic E-state index is 5.85. The molecule has 3 rings (SSSR count). The molecule has 0 atom stereocenters. The Morgan fingerprint density at radius 1 is 1.22 bits per heavy atom. The molecule has 2 fully saturated rings. The van der Waals surface area contributed by atoms with Crippen LogP contribution in [0.3, 0.4) is 0 Å². The van der Waals surface area contributed by atoms with E-state index in [-0.39, 0.29) is 0 Å². The maximum Gasteiger partial charge on any atom is 0.121 e. The van der Waals surface area contributed by atoms with Crippen molar-refractivity contribution in [1.29, 1.82) is 0 Å². The third-order valence-electron chi connectivity index (χ3n) is 3.79. The summed E-state index contributed by atoms with van der Waals surface area (Å²) in [5, 5.41) is 3.38. The maximum absolute atomic E-state index is 5.85. The lowest BCUT2D eigenvalue weighted by molar-refractivity contribution is 0.302. The van der Waals surface area contributed by atoms with E-state index in [4.69, 9.17) is 4.74 Å². The van der Waals surface area contributed by atoms with Crippen molar-refractivity contribution in [2.75, 3.05) is 37.7 Å². The Morgan fingerprint density at radius 3 is 2.83 bits per heavy atom. The summed E-state index contributed by atoms with van der Waals surface area (Å²) in [5.41, 5.74) is 1.29. The van der Waals surface area contributed by atoms with Gasteiger partial charge in [-0.1, -0.05) is 18.9 Å². The zero-order valence-electron chi connectivity index (χ0n) is 10.9. The fourth-order valence-electron chi connectivity index (χ4n) is 2.44. The summed E-state index contributed by atoms with van der Waals surface area (Å²) >= 11 is 0. The van der Waals surface area contributed by atoms with Gasteiger partial charge in [0.1, 0.15) is 5.75 Å². The van der Waals surface area contributed by atoms with E-state index in [2.05, 4.69) is 34.5 Å². The van der Waals surface area contributed by atoms with Gasteiger partial charge < -0.3 is 15.0 Å². The first-order chi connectivity index (χ1) is 8.92. The number of rotatable bonds is 5. The number of hydrogen-bond acceptors (Lipinski definition) is 3. The van der Waals surface area contributed by atoms with Gasteiger partial charge in [0.25, 0.3) is 0 Å². The van der Waals surface area contributed by atoms with Crippen LogP contribution in [0.1, 0.15) is 19.3 Å². The fourth-order valence-corrected chi connectivity index (χ4v) is 2.44. The summed E-state index contributed by atoms with van der Waals surface area (Å²) in [6.45, 7) is 5.20. The quantitative estimate of drug-likeness (QED) is 0.862. The lowest BCUT2D eigenvalue weighted by atomic mass is 10.2. The Morgan fingerprint density at radius 2 is 2.06 bits per heavy atom. The molecule has 1 aliphatic carbocycles. The van der Waals surface area contributed by atoms with E-state index in [9.17, 15) is 0 Å². The monoisotopic (exact) mass is 246 g/mol. The molecule has 1 heterocycles. The predicted molar refractivity (Wildman–Crippen MR) is 74.4 cm³/mol. The molecule has 3 nitrogen and oxygen atoms in total. The van der Waals surface area contributed by atoms with Crippen LogP contribution in [0.2, 0.25) is 0 Å². The van der Waals surface area contributed by atoms with Crippen molar-refractivity contribution in [3.05, 3.63) is 24.3 Å². The van der Waals surface area contributed by atoms with E-state index >= 15 is 0 Å². The zero-order valence-corrected chi connectivity index (χ0v) is 10.9. The lowest BCUT2D eigenvalue weighted by Gasteiger charge is -2.29. The average molecular weight is 246 g/mol. The Bertz CT molecular complexity index is 384. The molecule has 1 aromatic carbocycles. The third-order valence-corrected chi connectivity index (χ3v) is 3.79. The molecule has 18 heavy (non-hydrogen) atoms. The molecule has 1 saturated carbocycles. The molecule has 1 aromatic rings. The molecular weight excluding hydrogens is 224 g/mol. The van der Waals surface area contributed by atoms with Gasteiger partial charge in [0.2, 0.25) is 0 Å². The van der Waals surface area contributed by atoms with E-state index in [1.54, 1.807) is 0 Å². The van der Waals surface area contributed by atoms with Gasteiger partial charge in [0.15, 0.2) is 0 Å². The van der Waals surface area contributed by atoms with Crippen LogP contribution in [0.15, 0.2) is 24.3 Å². The first kappa shape index (κ1) is 11.8. The number of hydrogen-bond donors (Lipinski definition) is 1. The van der Waals surface area contributed by atoms with Crippen LogP contribution in [0.25, 0.3) is 0 Å². The van der Waals surface area contributed by atoms with Crippen molar-refractivity contribution in [2.45, 2.75) is 19.3 Å². The van der Waals surface area contributed by atoms with Crippen molar-refractivity contribution < 1.29 is 4.74 Å². The minimum atomic E-state index is 0.871. The predicted octanol–water partition coefficient (Wildman–Crippen LogP) is 2.28. The smallest absolute Gasteiger partial charge is 0.121 e. The van der Waals surface area contributed by atoms with Crippen LogP contribution in [0.5, 0.6) is 5.75 Å². The Hall–Kier alpha value is -1.22. The molecule has 1 aliphatic heterocycles. The topological polar surface area (TPSA) is 24.5 Å². The molecule has 0 bridgehead atoms. The van der Waals surface area contributed by atoms with Gasteiger partial charge in [-0.25, -0.2) is 0 Å². The van der Waals surface area contributed by atoms with Crippen molar-refractivity contribution in [2.24, 2.45) is 5.92 Å². The summed E-state index contributed by atoms with van der Waals surface area (Å²) in [4.78, 5) is 2.42. The second kappa shape index (κ2) is 5.61. The molecule has 98 valence electrons. The fraction of sp³-hybridized carbons (Fsp3) is 0.600. The van der Waals surface area contributed by atoms with E-state index in [0.29, 0.717) is 0 Å². The van der Waals surface area contributed by atoms with Gasteiger partial charge in [0, 0.05) is 37.9 Å². The summed E-state index contributed by atoms with van der Waals surface area (Å²) in [5.74, 6) is 1.97. The molecule has 1 N–H and O–H groups in total. The molecule has 0 radical (unpaired) electrons. The van der Waals surface area contributed by atoms with Crippen LogP contribution in [0.4, 0.5) is 5.69 Å². The average Bonchev–Trinajstić information content (AvgIpc) is 3.24. The minimum Gasteiger partial charge on any atom is -0.494 e. The van der Waals surface area contributed by atoms with E-state index in [1.807, 2.05) is 0 Å². The third kappa shape index (κ3) is 3.16. The SMILES string of the molecule is c1cc(OCCC2CC2)cc(N2CCNCC2)c1. The summed E-state index contributed by atoms with van der Waals surface area (Å²) in [7, 11) is 0. The number of anilines is 1. The summed E-state index contributed by atoms with van der Waals surface area (Å²) < 4.78 is 5.85. The van der Waals surface area contributed by atoms with E-state index in [1.165, 1.54) is 24.9 Å². The summed E-state index contributed by atoms with van der Waals surface area (Å²) in [6, 6.07) is 8.53. The van der Waals surface area contributed by atoms with Gasteiger partial charge in [-0.2, -0.15) is 0 Å². The van der Waals surface area contributed by atoms with Crippen LogP contribution in [-0.4, -0.2) is 32.8 Å². The molecule has 0 amide bonds. The molecular formula is C15H22N2O. The molecule has 3 heteroatoms. The number of nitrogens with zero attached hydrogens (tertiary/aromatic N) is 1. The first-order valence-corrected chi connectivity index (χ1v) is 7.10. The van der Waals surface area contributed by atoms with Crippen LogP contribution >= 0.6 is 0 Å². The van der Waals surface area contributed by atoms with Gasteiger partial charge >= 0.3 is 0 Å². The molecule has 0 unspecified atom stereocenters. The van der Waals surface area contributed by atoms with Gasteiger partial charge in [-0.3, -0.25) is 0 Å². The number of benzene rings is 1. The Kier molecular flexibility index (Phi) is 3.69. The second-order valence-corrected chi connectivity index (χ2v) is 5.31. The van der Waals surface area contributed by atoms with Crippen LogP contribution < -0.4 is 15.0 Å². The largest absolute Gasteiger partial charge is 0.494 e. The molecule has 0 aromatic heterocycles.